The number of methoxy groups -OCH3 is 2. The number of hydrogen-bond acceptors (Lipinski definition) is 5. The van der Waals surface area contributed by atoms with Gasteiger partial charge in [-0.3, -0.25) is 9.78 Å². The molecule has 0 fully saturated rings. The maximum atomic E-state index is 12.6. The second-order valence-electron chi connectivity index (χ2n) is 5.94. The Morgan fingerprint density at radius 2 is 1.66 bits per heavy atom. The van der Waals surface area contributed by atoms with E-state index in [0.29, 0.717) is 35.1 Å². The normalized spacial score (nSPS) is 10.3. The van der Waals surface area contributed by atoms with Crippen molar-refractivity contribution >= 4 is 34.8 Å². The fourth-order valence-corrected chi connectivity index (χ4v) is 3.24. The standard InChI is InChI=1S/C21H18Cl2N2O4/c1-27-18-4-3-15(11-19(18)29-12-13-5-7-24-8-6-13)25-21(26)14-9-16(22)20(28-2)17(23)10-14/h3-11H,12H2,1-2H3,(H,25,26). The lowest BCUT2D eigenvalue weighted by Crippen LogP contribution is -2.12. The van der Waals surface area contributed by atoms with Gasteiger partial charge in [0.2, 0.25) is 0 Å². The molecule has 1 heterocycles. The lowest BCUT2D eigenvalue weighted by atomic mass is 10.2. The van der Waals surface area contributed by atoms with Crippen LogP contribution in [-0.4, -0.2) is 25.1 Å². The van der Waals surface area contributed by atoms with Crippen LogP contribution in [0.4, 0.5) is 5.69 Å². The van der Waals surface area contributed by atoms with Crippen molar-refractivity contribution in [3.8, 4) is 17.2 Å². The monoisotopic (exact) mass is 432 g/mol. The van der Waals surface area contributed by atoms with Gasteiger partial charge in [-0.15, -0.1) is 0 Å². The Balaban J connectivity index is 1.78. The summed E-state index contributed by atoms with van der Waals surface area (Å²) >= 11 is 12.2. The first kappa shape index (κ1) is 20.8. The highest BCUT2D eigenvalue weighted by Gasteiger charge is 2.15. The number of benzene rings is 2. The molecule has 0 saturated carbocycles. The third-order valence-electron chi connectivity index (χ3n) is 4.03. The number of anilines is 1. The van der Waals surface area contributed by atoms with Gasteiger partial charge in [0, 0.05) is 29.7 Å². The highest BCUT2D eigenvalue weighted by molar-refractivity contribution is 6.37. The van der Waals surface area contributed by atoms with E-state index in [4.69, 9.17) is 37.4 Å². The minimum Gasteiger partial charge on any atom is -0.494 e. The van der Waals surface area contributed by atoms with Crippen LogP contribution in [0.3, 0.4) is 0 Å². The maximum absolute atomic E-state index is 12.6. The summed E-state index contributed by atoms with van der Waals surface area (Å²) in [5.74, 6) is 0.989. The van der Waals surface area contributed by atoms with Crippen LogP contribution in [0.1, 0.15) is 15.9 Å². The molecule has 8 heteroatoms. The van der Waals surface area contributed by atoms with E-state index in [0.717, 1.165) is 5.56 Å². The lowest BCUT2D eigenvalue weighted by Gasteiger charge is -2.13. The van der Waals surface area contributed by atoms with Crippen LogP contribution >= 0.6 is 23.2 Å². The van der Waals surface area contributed by atoms with Crippen LogP contribution in [0.15, 0.2) is 54.9 Å². The molecular formula is C21H18Cl2N2O4. The lowest BCUT2D eigenvalue weighted by molar-refractivity contribution is 0.102. The Bertz CT molecular complexity index is 990. The Kier molecular flexibility index (Phi) is 6.80. The van der Waals surface area contributed by atoms with Gasteiger partial charge in [-0.2, -0.15) is 0 Å². The number of rotatable bonds is 7. The zero-order valence-electron chi connectivity index (χ0n) is 15.7. The van der Waals surface area contributed by atoms with Gasteiger partial charge in [-0.25, -0.2) is 0 Å². The molecule has 2 aromatic carbocycles. The van der Waals surface area contributed by atoms with Crippen molar-refractivity contribution in [1.82, 2.24) is 4.98 Å². The summed E-state index contributed by atoms with van der Waals surface area (Å²) < 4.78 is 16.3. The molecule has 0 aliphatic carbocycles. The zero-order chi connectivity index (χ0) is 20.8. The number of nitrogens with zero attached hydrogens (tertiary/aromatic N) is 1. The van der Waals surface area contributed by atoms with E-state index in [2.05, 4.69) is 10.3 Å². The average molecular weight is 433 g/mol. The van der Waals surface area contributed by atoms with E-state index >= 15 is 0 Å². The molecule has 0 saturated heterocycles. The molecule has 0 aliphatic heterocycles. The molecule has 1 amide bonds. The Morgan fingerprint density at radius 3 is 2.28 bits per heavy atom. The number of amides is 1. The van der Waals surface area contributed by atoms with Crippen molar-refractivity contribution < 1.29 is 19.0 Å². The number of pyridine rings is 1. The summed E-state index contributed by atoms with van der Waals surface area (Å²) in [4.78, 5) is 16.6. The molecule has 0 aliphatic rings. The number of nitrogens with one attached hydrogen (secondary N) is 1. The molecule has 0 bridgehead atoms. The van der Waals surface area contributed by atoms with Crippen molar-refractivity contribution in [1.29, 1.82) is 0 Å². The number of carbonyl (C=O) groups excluding carboxylic acids is 1. The predicted molar refractivity (Wildman–Crippen MR) is 113 cm³/mol. The molecule has 1 N–H and O–H groups in total. The van der Waals surface area contributed by atoms with Gasteiger partial charge in [0.05, 0.1) is 24.3 Å². The van der Waals surface area contributed by atoms with Crippen LogP contribution in [0.5, 0.6) is 17.2 Å². The third-order valence-corrected chi connectivity index (χ3v) is 4.59. The van der Waals surface area contributed by atoms with Gasteiger partial charge in [0.25, 0.3) is 5.91 Å². The molecule has 3 aromatic rings. The Morgan fingerprint density at radius 1 is 0.966 bits per heavy atom. The average Bonchev–Trinajstić information content (AvgIpc) is 2.73. The Hall–Kier alpha value is -2.96. The summed E-state index contributed by atoms with van der Waals surface area (Å²) in [6.07, 6.45) is 3.38. The van der Waals surface area contributed by atoms with Crippen molar-refractivity contribution in [3.05, 3.63) is 76.0 Å². The maximum Gasteiger partial charge on any atom is 0.255 e. The largest absolute Gasteiger partial charge is 0.494 e. The number of hydrogen-bond donors (Lipinski definition) is 1. The van der Waals surface area contributed by atoms with Crippen molar-refractivity contribution in [2.24, 2.45) is 0 Å². The summed E-state index contributed by atoms with van der Waals surface area (Å²) in [5, 5.41) is 3.30. The van der Waals surface area contributed by atoms with Crippen LogP contribution in [0.25, 0.3) is 0 Å². The molecule has 150 valence electrons. The molecule has 0 unspecified atom stereocenters. The van der Waals surface area contributed by atoms with Crippen LogP contribution in [-0.2, 0) is 6.61 Å². The minimum atomic E-state index is -0.373. The van der Waals surface area contributed by atoms with E-state index in [1.165, 1.54) is 19.2 Å². The molecule has 0 spiro atoms. The molecule has 1 aromatic heterocycles. The fourth-order valence-electron chi connectivity index (χ4n) is 2.60. The van der Waals surface area contributed by atoms with Gasteiger partial charge in [0.15, 0.2) is 17.2 Å². The molecular weight excluding hydrogens is 415 g/mol. The first-order chi connectivity index (χ1) is 14.0. The van der Waals surface area contributed by atoms with E-state index in [9.17, 15) is 4.79 Å². The first-order valence-corrected chi connectivity index (χ1v) is 9.31. The van der Waals surface area contributed by atoms with Crippen molar-refractivity contribution in [2.75, 3.05) is 19.5 Å². The van der Waals surface area contributed by atoms with E-state index in [1.807, 2.05) is 12.1 Å². The summed E-state index contributed by atoms with van der Waals surface area (Å²) in [7, 11) is 3.01. The van der Waals surface area contributed by atoms with Crippen LogP contribution < -0.4 is 19.5 Å². The van der Waals surface area contributed by atoms with E-state index < -0.39 is 0 Å². The molecule has 29 heavy (non-hydrogen) atoms. The second-order valence-corrected chi connectivity index (χ2v) is 6.75. The number of carbonyl (C=O) groups is 1. The molecule has 6 nitrogen and oxygen atoms in total. The van der Waals surface area contributed by atoms with Gasteiger partial charge >= 0.3 is 0 Å². The fraction of sp³-hybridized carbons (Fsp3) is 0.143. The zero-order valence-corrected chi connectivity index (χ0v) is 17.3. The van der Waals surface area contributed by atoms with Gasteiger partial charge in [-0.1, -0.05) is 23.2 Å². The predicted octanol–water partition coefficient (Wildman–Crippen LogP) is 5.24. The van der Waals surface area contributed by atoms with Gasteiger partial charge in [0.1, 0.15) is 6.61 Å². The highest BCUT2D eigenvalue weighted by atomic mass is 35.5. The molecule has 3 rings (SSSR count). The number of halogens is 2. The van der Waals surface area contributed by atoms with Crippen molar-refractivity contribution in [2.45, 2.75) is 6.61 Å². The SMILES string of the molecule is COc1ccc(NC(=O)c2cc(Cl)c(OC)c(Cl)c2)cc1OCc1ccncc1. The first-order valence-electron chi connectivity index (χ1n) is 8.56. The molecule has 0 atom stereocenters. The van der Waals surface area contributed by atoms with Crippen molar-refractivity contribution in [3.63, 3.8) is 0 Å². The smallest absolute Gasteiger partial charge is 0.255 e. The minimum absolute atomic E-state index is 0.251. The molecule has 0 radical (unpaired) electrons. The van der Waals surface area contributed by atoms with E-state index in [-0.39, 0.29) is 16.0 Å². The van der Waals surface area contributed by atoms with E-state index in [1.54, 1.807) is 37.7 Å². The summed E-state index contributed by atoms with van der Waals surface area (Å²) in [5.41, 5.74) is 1.79. The summed E-state index contributed by atoms with van der Waals surface area (Å²) in [6.45, 7) is 0.333. The third kappa shape index (κ3) is 5.10. The highest BCUT2D eigenvalue weighted by Crippen LogP contribution is 2.35. The van der Waals surface area contributed by atoms with Crippen LogP contribution in [0.2, 0.25) is 10.0 Å². The van der Waals surface area contributed by atoms with Gasteiger partial charge < -0.3 is 19.5 Å². The number of aromatic nitrogens is 1. The topological polar surface area (TPSA) is 69.7 Å². The van der Waals surface area contributed by atoms with Crippen LogP contribution in [0, 0.1) is 0 Å². The second kappa shape index (κ2) is 9.49. The van der Waals surface area contributed by atoms with Gasteiger partial charge in [-0.05, 0) is 42.0 Å². The quantitative estimate of drug-likeness (QED) is 0.552. The Labute approximate surface area is 178 Å². The number of ether oxygens (including phenoxy) is 3. The summed E-state index contributed by atoms with van der Waals surface area (Å²) in [6, 6.07) is 11.8.